The number of carboxylic acids is 1. The molecule has 2 aliphatic rings. The fourth-order valence-corrected chi connectivity index (χ4v) is 15.2. The number of hydrogen-bond acceptors (Lipinski definition) is 7. The van der Waals surface area contributed by atoms with Gasteiger partial charge in [-0.05, 0) is 52.5 Å². The largest absolute Gasteiger partial charge is 0.481 e. The number of fused-ring (bicyclic) bond motifs is 2. The van der Waals surface area contributed by atoms with E-state index in [1.54, 1.807) is 18.2 Å². The zero-order chi connectivity index (χ0) is 36.8. The number of aromatic amines is 1. The summed E-state index contributed by atoms with van der Waals surface area (Å²) in [7, 11) is -6.81. The number of rotatable bonds is 9. The number of halogens is 1. The van der Waals surface area contributed by atoms with E-state index in [-0.39, 0.29) is 46.7 Å². The van der Waals surface area contributed by atoms with Gasteiger partial charge in [0.1, 0.15) is 5.03 Å². The standard InChI is InChI=1S/C38H41ClN4O6S2Si/c1-38(2,3)52(29-10-6-4-7-11-29,30-12-8-5-9-13-30)49-28-15-17-32-33(23-28)50-36(41-32)37(46)43-19-18-42(24-27(43)22-35(44)45)51(47,48)34-21-25-20-26(39)14-16-31(25)40-34/h4-14,16,20-21,27-28,40H,15,17-19,22-24H2,1-3H3,(H,44,45). The summed E-state index contributed by atoms with van der Waals surface area (Å²) in [4.78, 5) is 36.2. The van der Waals surface area contributed by atoms with Gasteiger partial charge in [-0.2, -0.15) is 4.31 Å². The van der Waals surface area contributed by atoms with E-state index in [9.17, 15) is 23.1 Å². The summed E-state index contributed by atoms with van der Waals surface area (Å²) in [6.07, 6.45) is 1.54. The minimum Gasteiger partial charge on any atom is -0.481 e. The maximum Gasteiger partial charge on any atom is 0.305 e. The highest BCUT2D eigenvalue weighted by Crippen LogP contribution is 2.40. The van der Waals surface area contributed by atoms with E-state index in [4.69, 9.17) is 21.0 Å². The second-order valence-electron chi connectivity index (χ2n) is 14.5. The van der Waals surface area contributed by atoms with E-state index in [0.29, 0.717) is 28.8 Å². The lowest BCUT2D eigenvalue weighted by Gasteiger charge is -2.45. The third-order valence-corrected chi connectivity index (χ3v) is 18.4. The highest BCUT2D eigenvalue weighted by molar-refractivity contribution is 7.89. The minimum absolute atomic E-state index is 0.0129. The number of piperazine rings is 1. The van der Waals surface area contributed by atoms with Crippen LogP contribution in [-0.4, -0.2) is 84.7 Å². The summed E-state index contributed by atoms with van der Waals surface area (Å²) >= 11 is 7.44. The number of aryl methyl sites for hydroxylation is 1. The average molecular weight is 777 g/mol. The predicted molar refractivity (Wildman–Crippen MR) is 206 cm³/mol. The van der Waals surface area contributed by atoms with Gasteiger partial charge in [-0.25, -0.2) is 13.4 Å². The van der Waals surface area contributed by atoms with E-state index >= 15 is 0 Å². The monoisotopic (exact) mass is 776 g/mol. The summed E-state index contributed by atoms with van der Waals surface area (Å²) in [6.45, 7) is 6.66. The maximum absolute atomic E-state index is 14.1. The lowest BCUT2D eigenvalue weighted by molar-refractivity contribution is -0.138. The van der Waals surface area contributed by atoms with Crippen LogP contribution in [0, 0.1) is 0 Å². The van der Waals surface area contributed by atoms with Gasteiger partial charge in [0, 0.05) is 46.9 Å². The minimum atomic E-state index is -4.01. The Kier molecular flexibility index (Phi) is 9.95. The van der Waals surface area contributed by atoms with Crippen LogP contribution in [0.25, 0.3) is 10.9 Å². The molecule has 1 aliphatic heterocycles. The normalized spacial score (nSPS) is 18.7. The van der Waals surface area contributed by atoms with Crippen LogP contribution in [0.1, 0.15) is 54.0 Å². The first kappa shape index (κ1) is 36.5. The molecule has 1 saturated heterocycles. The van der Waals surface area contributed by atoms with Crippen molar-refractivity contribution in [3.8, 4) is 0 Å². The molecule has 3 aromatic carbocycles. The lowest BCUT2D eigenvalue weighted by Crippen LogP contribution is -2.68. The van der Waals surface area contributed by atoms with Crippen LogP contribution in [0.2, 0.25) is 10.1 Å². The number of amides is 1. The lowest BCUT2D eigenvalue weighted by atomic mass is 10.0. The summed E-state index contributed by atoms with van der Waals surface area (Å²) in [6, 6.07) is 26.7. The predicted octanol–water partition coefficient (Wildman–Crippen LogP) is 5.70. The van der Waals surface area contributed by atoms with Crippen LogP contribution in [0.5, 0.6) is 0 Å². The highest BCUT2D eigenvalue weighted by atomic mass is 35.5. The molecule has 2 unspecified atom stereocenters. The molecular formula is C38H41ClN4O6S2Si. The zero-order valence-corrected chi connectivity index (χ0v) is 32.6. The molecule has 272 valence electrons. The Morgan fingerprint density at radius 2 is 1.69 bits per heavy atom. The van der Waals surface area contributed by atoms with Gasteiger partial charge in [-0.3, -0.25) is 9.59 Å². The Labute approximate surface area is 313 Å². The van der Waals surface area contributed by atoms with Gasteiger partial charge in [0.05, 0.1) is 24.3 Å². The fraction of sp³-hybridized carbons (Fsp3) is 0.342. The summed E-state index contributed by atoms with van der Waals surface area (Å²) in [5.41, 5.74) is 1.48. The van der Waals surface area contributed by atoms with Gasteiger partial charge in [0.15, 0.2) is 5.01 Å². The number of carbonyl (C=O) groups excluding carboxylic acids is 1. The van der Waals surface area contributed by atoms with Crippen LogP contribution < -0.4 is 10.4 Å². The molecule has 52 heavy (non-hydrogen) atoms. The molecule has 2 aromatic heterocycles. The molecule has 7 rings (SSSR count). The van der Waals surface area contributed by atoms with Crippen molar-refractivity contribution in [1.82, 2.24) is 19.2 Å². The van der Waals surface area contributed by atoms with Crippen molar-refractivity contribution in [2.45, 2.75) is 68.7 Å². The highest BCUT2D eigenvalue weighted by Gasteiger charge is 2.52. The van der Waals surface area contributed by atoms with Gasteiger partial charge in [-0.15, -0.1) is 11.3 Å². The number of nitrogens with one attached hydrogen (secondary N) is 1. The first-order valence-electron chi connectivity index (χ1n) is 17.3. The van der Waals surface area contributed by atoms with Crippen molar-refractivity contribution in [2.24, 2.45) is 0 Å². The van der Waals surface area contributed by atoms with E-state index in [2.05, 4.69) is 74.3 Å². The van der Waals surface area contributed by atoms with Crippen LogP contribution in [-0.2, 0) is 32.1 Å². The summed E-state index contributed by atoms with van der Waals surface area (Å²) in [5, 5.41) is 13.4. The molecule has 5 aromatic rings. The zero-order valence-electron chi connectivity index (χ0n) is 29.2. The molecular weight excluding hydrogens is 736 g/mol. The average Bonchev–Trinajstić information content (AvgIpc) is 3.75. The number of aromatic nitrogens is 2. The maximum atomic E-state index is 14.1. The van der Waals surface area contributed by atoms with Crippen molar-refractivity contribution in [3.05, 3.63) is 106 Å². The first-order valence-corrected chi connectivity index (χ1v) is 21.9. The molecule has 0 bridgehead atoms. The van der Waals surface area contributed by atoms with Crippen LogP contribution in [0.3, 0.4) is 0 Å². The van der Waals surface area contributed by atoms with Crippen molar-refractivity contribution in [1.29, 1.82) is 0 Å². The van der Waals surface area contributed by atoms with Crippen molar-refractivity contribution in [3.63, 3.8) is 0 Å². The number of benzene rings is 3. The molecule has 0 spiro atoms. The van der Waals surface area contributed by atoms with Crippen molar-refractivity contribution >= 4 is 74.4 Å². The number of H-pyrrole nitrogens is 1. The van der Waals surface area contributed by atoms with Gasteiger partial charge in [-0.1, -0.05) is 93.0 Å². The number of aliphatic carboxylic acids is 1. The number of carboxylic acid groups (broad SMARTS) is 1. The third-order valence-electron chi connectivity index (χ3n) is 10.1. The van der Waals surface area contributed by atoms with Gasteiger partial charge in [0.2, 0.25) is 0 Å². The van der Waals surface area contributed by atoms with Gasteiger partial charge in [0.25, 0.3) is 24.2 Å². The van der Waals surface area contributed by atoms with E-state index in [1.165, 1.54) is 37.0 Å². The molecule has 10 nitrogen and oxygen atoms in total. The fourth-order valence-electron chi connectivity index (χ4n) is 7.64. The van der Waals surface area contributed by atoms with Crippen molar-refractivity contribution < 1.29 is 27.5 Å². The molecule has 2 atom stereocenters. The Hall–Kier alpha value is -3.85. The number of thiazole rings is 1. The van der Waals surface area contributed by atoms with Crippen LogP contribution in [0.4, 0.5) is 0 Å². The number of carbonyl (C=O) groups is 2. The molecule has 14 heteroatoms. The van der Waals surface area contributed by atoms with Gasteiger partial charge >= 0.3 is 5.97 Å². The summed E-state index contributed by atoms with van der Waals surface area (Å²) < 4.78 is 36.1. The quantitative estimate of drug-likeness (QED) is 0.184. The first-order chi connectivity index (χ1) is 24.8. The number of hydrogen-bond donors (Lipinski definition) is 2. The second-order valence-corrected chi connectivity index (χ2v) is 22.2. The molecule has 3 heterocycles. The Bertz CT molecular complexity index is 2180. The number of sulfonamides is 1. The molecule has 0 saturated carbocycles. The SMILES string of the molecule is CC(C)(C)[Si](OC1CCc2nc(C(=O)N3CCN(S(=O)(=O)c4cc5cc(Cl)ccc5[nH]4)CC3CC(=O)O)sc2C1)(c1ccccc1)c1ccccc1. The second kappa shape index (κ2) is 14.2. The van der Waals surface area contributed by atoms with E-state index in [1.807, 2.05) is 12.1 Å². The summed E-state index contributed by atoms with van der Waals surface area (Å²) in [5.74, 6) is -1.50. The molecule has 2 N–H and O–H groups in total. The Morgan fingerprint density at radius 1 is 1.02 bits per heavy atom. The molecule has 0 radical (unpaired) electrons. The van der Waals surface area contributed by atoms with E-state index in [0.717, 1.165) is 17.0 Å². The van der Waals surface area contributed by atoms with Gasteiger partial charge < -0.3 is 19.4 Å². The third kappa shape index (κ3) is 6.85. The van der Waals surface area contributed by atoms with E-state index < -0.39 is 36.8 Å². The molecule has 1 amide bonds. The Balaban J connectivity index is 1.12. The molecule has 1 aliphatic carbocycles. The Morgan fingerprint density at radius 3 is 2.33 bits per heavy atom. The molecule has 1 fully saturated rings. The topological polar surface area (TPSA) is 133 Å². The van der Waals surface area contributed by atoms with Crippen molar-refractivity contribution in [2.75, 3.05) is 19.6 Å². The van der Waals surface area contributed by atoms with Crippen LogP contribution in [0.15, 0.2) is 90.0 Å². The smallest absolute Gasteiger partial charge is 0.305 e. The van der Waals surface area contributed by atoms with Crippen LogP contribution >= 0.6 is 22.9 Å². The number of nitrogens with zero attached hydrogens (tertiary/aromatic N) is 3.